The third-order valence-corrected chi connectivity index (χ3v) is 3.30. The first-order valence-corrected chi connectivity index (χ1v) is 5.26. The van der Waals surface area contributed by atoms with Crippen LogP contribution < -0.4 is 5.73 Å². The van der Waals surface area contributed by atoms with Gasteiger partial charge in [0.2, 0.25) is 0 Å². The highest BCUT2D eigenvalue weighted by Crippen LogP contribution is 2.47. The van der Waals surface area contributed by atoms with E-state index in [9.17, 15) is 4.79 Å². The van der Waals surface area contributed by atoms with Gasteiger partial charge in [0.1, 0.15) is 5.92 Å². The first kappa shape index (κ1) is 9.93. The van der Waals surface area contributed by atoms with Crippen LogP contribution in [0.15, 0.2) is 0 Å². The third-order valence-electron chi connectivity index (χ3n) is 3.30. The molecule has 4 heteroatoms. The Morgan fingerprint density at radius 1 is 1.64 bits per heavy atom. The van der Waals surface area contributed by atoms with Gasteiger partial charge in [0, 0.05) is 6.04 Å². The summed E-state index contributed by atoms with van der Waals surface area (Å²) in [5.74, 6) is -0.423. The summed E-state index contributed by atoms with van der Waals surface area (Å²) in [6, 6.07) is -0.186. The molecule has 1 saturated heterocycles. The van der Waals surface area contributed by atoms with Crippen molar-refractivity contribution in [2.45, 2.75) is 37.8 Å². The molecule has 1 heterocycles. The van der Waals surface area contributed by atoms with Gasteiger partial charge in [-0.3, -0.25) is 4.79 Å². The van der Waals surface area contributed by atoms with Crippen molar-refractivity contribution in [2.24, 2.45) is 11.7 Å². The Kier molecular flexibility index (Phi) is 2.49. The second-order valence-corrected chi connectivity index (χ2v) is 4.12. The molecule has 0 aromatic carbocycles. The number of hydrogen-bond acceptors (Lipinski definition) is 4. The minimum absolute atomic E-state index is 0.183. The van der Waals surface area contributed by atoms with Crippen LogP contribution in [0.4, 0.5) is 0 Å². The molecule has 1 spiro atoms. The first-order chi connectivity index (χ1) is 6.69. The van der Waals surface area contributed by atoms with Gasteiger partial charge in [-0.1, -0.05) is 0 Å². The standard InChI is InChI=1S/C10H17NO3/c1-2-13-9(12)8-7(11)6-14-10(8)4-3-5-10/h7-8H,2-6,11H2,1H3. The van der Waals surface area contributed by atoms with E-state index < -0.39 is 0 Å². The maximum Gasteiger partial charge on any atom is 0.313 e. The van der Waals surface area contributed by atoms with Crippen LogP contribution in [-0.2, 0) is 14.3 Å². The molecule has 1 aliphatic carbocycles. The Morgan fingerprint density at radius 3 is 2.86 bits per heavy atom. The van der Waals surface area contributed by atoms with Crippen molar-refractivity contribution >= 4 is 5.97 Å². The van der Waals surface area contributed by atoms with Crippen LogP contribution in [0.2, 0.25) is 0 Å². The van der Waals surface area contributed by atoms with Gasteiger partial charge < -0.3 is 15.2 Å². The van der Waals surface area contributed by atoms with Crippen LogP contribution in [0, 0.1) is 5.92 Å². The molecule has 0 radical (unpaired) electrons. The highest BCUT2D eigenvalue weighted by Gasteiger charge is 2.56. The van der Waals surface area contributed by atoms with Crippen molar-refractivity contribution in [3.05, 3.63) is 0 Å². The summed E-state index contributed by atoms with van der Waals surface area (Å²) in [6.07, 6.45) is 3.02. The van der Waals surface area contributed by atoms with Gasteiger partial charge in [-0.2, -0.15) is 0 Å². The monoisotopic (exact) mass is 199 g/mol. The average molecular weight is 199 g/mol. The van der Waals surface area contributed by atoms with Crippen molar-refractivity contribution < 1.29 is 14.3 Å². The van der Waals surface area contributed by atoms with Crippen LogP contribution in [0.25, 0.3) is 0 Å². The molecule has 0 amide bonds. The minimum atomic E-state index is -0.272. The van der Waals surface area contributed by atoms with E-state index in [2.05, 4.69) is 0 Å². The van der Waals surface area contributed by atoms with Crippen molar-refractivity contribution in [2.75, 3.05) is 13.2 Å². The number of hydrogen-bond donors (Lipinski definition) is 1. The molecule has 2 rings (SSSR count). The van der Waals surface area contributed by atoms with Gasteiger partial charge in [-0.15, -0.1) is 0 Å². The predicted molar refractivity (Wildman–Crippen MR) is 50.6 cm³/mol. The van der Waals surface area contributed by atoms with E-state index in [1.165, 1.54) is 0 Å². The van der Waals surface area contributed by atoms with Crippen LogP contribution in [0.1, 0.15) is 26.2 Å². The highest BCUT2D eigenvalue weighted by atomic mass is 16.5. The van der Waals surface area contributed by atoms with Gasteiger partial charge >= 0.3 is 5.97 Å². The Bertz CT molecular complexity index is 238. The van der Waals surface area contributed by atoms with E-state index in [-0.39, 0.29) is 23.5 Å². The van der Waals surface area contributed by atoms with Crippen molar-refractivity contribution in [3.63, 3.8) is 0 Å². The topological polar surface area (TPSA) is 61.5 Å². The summed E-state index contributed by atoms with van der Waals surface area (Å²) >= 11 is 0. The van der Waals surface area contributed by atoms with E-state index >= 15 is 0 Å². The quantitative estimate of drug-likeness (QED) is 0.656. The number of rotatable bonds is 2. The Hall–Kier alpha value is -0.610. The van der Waals surface area contributed by atoms with Crippen LogP contribution in [0.3, 0.4) is 0 Å². The van der Waals surface area contributed by atoms with Gasteiger partial charge in [0.05, 0.1) is 18.8 Å². The van der Waals surface area contributed by atoms with Gasteiger partial charge in [-0.25, -0.2) is 0 Å². The molecule has 80 valence electrons. The van der Waals surface area contributed by atoms with Crippen molar-refractivity contribution in [3.8, 4) is 0 Å². The lowest BCUT2D eigenvalue weighted by Gasteiger charge is -2.41. The van der Waals surface area contributed by atoms with E-state index in [4.69, 9.17) is 15.2 Å². The fourth-order valence-corrected chi connectivity index (χ4v) is 2.44. The summed E-state index contributed by atoms with van der Waals surface area (Å²) in [5.41, 5.74) is 5.60. The Labute approximate surface area is 83.7 Å². The fraction of sp³-hybridized carbons (Fsp3) is 0.900. The Morgan fingerprint density at radius 2 is 2.36 bits per heavy atom. The molecule has 2 N–H and O–H groups in total. The third kappa shape index (κ3) is 1.33. The maximum absolute atomic E-state index is 11.7. The molecule has 0 aromatic heterocycles. The largest absolute Gasteiger partial charge is 0.466 e. The second-order valence-electron chi connectivity index (χ2n) is 4.12. The van der Waals surface area contributed by atoms with Crippen LogP contribution in [-0.4, -0.2) is 30.8 Å². The molecule has 2 unspecified atom stereocenters. The minimum Gasteiger partial charge on any atom is -0.466 e. The zero-order valence-electron chi connectivity index (χ0n) is 8.49. The van der Waals surface area contributed by atoms with Gasteiger partial charge in [0.15, 0.2) is 0 Å². The number of carbonyl (C=O) groups excluding carboxylic acids is 1. The summed E-state index contributed by atoms with van der Waals surface area (Å²) in [6.45, 7) is 2.72. The molecule has 1 aliphatic heterocycles. The molecule has 0 aromatic rings. The van der Waals surface area contributed by atoms with Gasteiger partial charge in [-0.05, 0) is 26.2 Å². The summed E-state index contributed by atoms with van der Waals surface area (Å²) in [7, 11) is 0. The van der Waals surface area contributed by atoms with Crippen LogP contribution in [0.5, 0.6) is 0 Å². The zero-order valence-corrected chi connectivity index (χ0v) is 8.49. The van der Waals surface area contributed by atoms with E-state index in [1.54, 1.807) is 0 Å². The lowest BCUT2D eigenvalue weighted by atomic mass is 9.70. The number of nitrogens with two attached hydrogens (primary N) is 1. The molecule has 1 saturated carbocycles. The van der Waals surface area contributed by atoms with E-state index in [0.717, 1.165) is 19.3 Å². The molecule has 2 atom stereocenters. The smallest absolute Gasteiger partial charge is 0.313 e. The molecule has 4 nitrogen and oxygen atoms in total. The molecule has 2 aliphatic rings. The summed E-state index contributed by atoms with van der Waals surface area (Å²) in [4.78, 5) is 11.7. The Balaban J connectivity index is 2.09. The van der Waals surface area contributed by atoms with E-state index in [1.807, 2.05) is 6.92 Å². The summed E-state index contributed by atoms with van der Waals surface area (Å²) < 4.78 is 10.7. The molecule has 0 bridgehead atoms. The molecule has 2 fully saturated rings. The lowest BCUT2D eigenvalue weighted by Crippen LogP contribution is -2.50. The highest BCUT2D eigenvalue weighted by molar-refractivity contribution is 5.75. The summed E-state index contributed by atoms with van der Waals surface area (Å²) in [5, 5.41) is 0. The predicted octanol–water partition coefficient (Wildman–Crippen LogP) is 0.446. The molecular weight excluding hydrogens is 182 g/mol. The van der Waals surface area contributed by atoms with Crippen LogP contribution >= 0.6 is 0 Å². The van der Waals surface area contributed by atoms with Gasteiger partial charge in [0.25, 0.3) is 0 Å². The second kappa shape index (κ2) is 3.51. The van der Waals surface area contributed by atoms with E-state index in [0.29, 0.717) is 13.2 Å². The maximum atomic E-state index is 11.7. The number of ether oxygens (including phenoxy) is 2. The first-order valence-electron chi connectivity index (χ1n) is 5.26. The normalized spacial score (nSPS) is 34.1. The lowest BCUT2D eigenvalue weighted by molar-refractivity contribution is -0.160. The number of carbonyl (C=O) groups is 1. The number of esters is 1. The SMILES string of the molecule is CCOC(=O)C1C(N)COC12CCC2. The van der Waals surface area contributed by atoms with Crippen molar-refractivity contribution in [1.82, 2.24) is 0 Å². The zero-order chi connectivity index (χ0) is 10.2. The van der Waals surface area contributed by atoms with Crippen molar-refractivity contribution in [1.29, 1.82) is 0 Å². The molecular formula is C10H17NO3. The molecule has 14 heavy (non-hydrogen) atoms. The fourth-order valence-electron chi connectivity index (χ4n) is 2.44. The average Bonchev–Trinajstić information content (AvgIpc) is 2.42.